The average Bonchev–Trinajstić information content (AvgIpc) is 3.22. The number of benzene rings is 1. The van der Waals surface area contributed by atoms with Crippen LogP contribution in [-0.4, -0.2) is 62.5 Å². The molecule has 4 heterocycles. The number of hydrogen-bond acceptors (Lipinski definition) is 6. The van der Waals surface area contributed by atoms with E-state index in [4.69, 9.17) is 14.2 Å². The maximum atomic E-state index is 14.1. The first kappa shape index (κ1) is 29.2. The summed E-state index contributed by atoms with van der Waals surface area (Å²) >= 11 is 0. The van der Waals surface area contributed by atoms with Gasteiger partial charge in [-0.1, -0.05) is 12.1 Å². The molecule has 0 unspecified atom stereocenters. The fourth-order valence-corrected chi connectivity index (χ4v) is 5.80. The van der Waals surface area contributed by atoms with Gasteiger partial charge < -0.3 is 23.7 Å². The molecule has 1 saturated heterocycles. The molecule has 1 aliphatic carbocycles. The van der Waals surface area contributed by atoms with Crippen LogP contribution in [0.3, 0.4) is 0 Å². The van der Waals surface area contributed by atoms with Gasteiger partial charge in [0.05, 0.1) is 17.7 Å². The van der Waals surface area contributed by atoms with Crippen molar-refractivity contribution in [3.8, 4) is 17.0 Å². The molecule has 0 radical (unpaired) electrons. The first-order chi connectivity index (χ1) is 20.4. The molecule has 1 amide bonds. The van der Waals surface area contributed by atoms with Gasteiger partial charge >= 0.3 is 12.3 Å². The predicted molar refractivity (Wildman–Crippen MR) is 156 cm³/mol. The van der Waals surface area contributed by atoms with Gasteiger partial charge in [0.2, 0.25) is 5.88 Å². The van der Waals surface area contributed by atoms with Crippen LogP contribution in [0, 0.1) is 0 Å². The highest BCUT2D eigenvalue weighted by Crippen LogP contribution is 2.40. The van der Waals surface area contributed by atoms with Gasteiger partial charge in [0.15, 0.2) is 0 Å². The third kappa shape index (κ3) is 6.13. The molecule has 3 aromatic heterocycles. The molecule has 1 saturated carbocycles. The molecule has 43 heavy (non-hydrogen) atoms. The summed E-state index contributed by atoms with van der Waals surface area (Å²) in [5.74, 6) is -0.415. The third-order valence-electron chi connectivity index (χ3n) is 8.11. The van der Waals surface area contributed by atoms with Crippen LogP contribution in [0.5, 0.6) is 5.88 Å². The number of carbonyl (C=O) groups excluding carboxylic acids is 1. The molecule has 228 valence electrons. The second kappa shape index (κ2) is 11.0. The summed E-state index contributed by atoms with van der Waals surface area (Å²) in [6, 6.07) is 8.61. The monoisotopic (exact) mass is 596 g/mol. The second-order valence-corrected chi connectivity index (χ2v) is 12.4. The molecule has 4 aromatic rings. The number of fused-ring (bicyclic) bond motifs is 3. The summed E-state index contributed by atoms with van der Waals surface area (Å²) in [4.78, 5) is 22.3. The number of carbonyl (C=O) groups is 1. The van der Waals surface area contributed by atoms with Gasteiger partial charge in [-0.25, -0.2) is 9.78 Å². The van der Waals surface area contributed by atoms with Crippen LogP contribution in [0.2, 0.25) is 0 Å². The summed E-state index contributed by atoms with van der Waals surface area (Å²) in [6.45, 7) is 6.59. The van der Waals surface area contributed by atoms with Crippen molar-refractivity contribution in [2.75, 3.05) is 13.1 Å². The summed E-state index contributed by atoms with van der Waals surface area (Å²) in [5.41, 5.74) is 1.43. The summed E-state index contributed by atoms with van der Waals surface area (Å²) in [6.07, 6.45) is 1.80. The first-order valence-corrected chi connectivity index (χ1v) is 14.6. The smallest absolute Gasteiger partial charge is 0.421 e. The Kier molecular flexibility index (Phi) is 7.48. The van der Waals surface area contributed by atoms with Crippen LogP contribution in [0.4, 0.5) is 18.0 Å². The lowest BCUT2D eigenvalue weighted by Crippen LogP contribution is -2.46. The van der Waals surface area contributed by atoms with E-state index in [1.807, 2.05) is 50.6 Å². The van der Waals surface area contributed by atoms with E-state index in [1.165, 1.54) is 6.20 Å². The van der Waals surface area contributed by atoms with Crippen molar-refractivity contribution in [2.24, 2.45) is 7.05 Å². The number of piperidine rings is 1. The van der Waals surface area contributed by atoms with Crippen LogP contribution in [0.1, 0.15) is 52.0 Å². The quantitative estimate of drug-likeness (QED) is 0.244. The highest BCUT2D eigenvalue weighted by molar-refractivity contribution is 6.08. The Morgan fingerprint density at radius 2 is 1.65 bits per heavy atom. The summed E-state index contributed by atoms with van der Waals surface area (Å²) in [7, 11) is 1.92. The molecule has 1 aliphatic heterocycles. The zero-order valence-electron chi connectivity index (χ0n) is 24.6. The van der Waals surface area contributed by atoms with E-state index in [-0.39, 0.29) is 18.3 Å². The Balaban J connectivity index is 1.09. The van der Waals surface area contributed by atoms with Crippen molar-refractivity contribution < 1.29 is 32.2 Å². The van der Waals surface area contributed by atoms with Crippen molar-refractivity contribution in [3.63, 3.8) is 0 Å². The minimum atomic E-state index is -4.63. The van der Waals surface area contributed by atoms with E-state index in [1.54, 1.807) is 23.4 Å². The van der Waals surface area contributed by atoms with Gasteiger partial charge in [0.25, 0.3) is 0 Å². The van der Waals surface area contributed by atoms with Crippen LogP contribution >= 0.6 is 0 Å². The lowest BCUT2D eigenvalue weighted by Gasteiger charge is -2.40. The van der Waals surface area contributed by atoms with Crippen LogP contribution < -0.4 is 4.74 Å². The van der Waals surface area contributed by atoms with Crippen LogP contribution in [0.15, 0.2) is 48.9 Å². The molecule has 0 spiro atoms. The number of aromatic nitrogens is 3. The molecular formula is C32H35F3N4O4. The molecule has 8 nitrogen and oxygen atoms in total. The van der Waals surface area contributed by atoms with Crippen molar-refractivity contribution in [1.82, 2.24) is 19.4 Å². The topological polar surface area (TPSA) is 78.7 Å². The summed E-state index contributed by atoms with van der Waals surface area (Å²) in [5, 5.41) is 1.96. The maximum Gasteiger partial charge on any atom is 0.421 e. The standard InChI is InChI=1S/C32H35F3N4O4/c1-31(2,3)43-30(40)39-11-8-21(9-12-39)41-22-15-23(16-22)42-29-26(32(33,34)35)13-20(17-37-29)19-5-6-24-25-18-36-10-7-27(25)38(4)28(24)14-19/h5-7,10,13-14,17-18,21-23H,8-9,11-12,15-16H2,1-4H3. The third-order valence-corrected chi connectivity index (χ3v) is 8.11. The molecule has 1 aromatic carbocycles. The predicted octanol–water partition coefficient (Wildman–Crippen LogP) is 7.13. The van der Waals surface area contributed by atoms with Gasteiger partial charge in [-0.05, 0) is 57.4 Å². The Morgan fingerprint density at radius 3 is 2.35 bits per heavy atom. The minimum Gasteiger partial charge on any atom is -0.474 e. The Morgan fingerprint density at radius 1 is 0.907 bits per heavy atom. The Bertz CT molecular complexity index is 1650. The number of nitrogens with zero attached hydrogens (tertiary/aromatic N) is 4. The fraction of sp³-hybridized carbons (Fsp3) is 0.469. The van der Waals surface area contributed by atoms with E-state index in [9.17, 15) is 18.0 Å². The van der Waals surface area contributed by atoms with Crippen LogP contribution in [0.25, 0.3) is 32.9 Å². The molecule has 0 atom stereocenters. The lowest BCUT2D eigenvalue weighted by atomic mass is 9.91. The van der Waals surface area contributed by atoms with Crippen LogP contribution in [-0.2, 0) is 22.7 Å². The van der Waals surface area contributed by atoms with Gasteiger partial charge in [-0.2, -0.15) is 13.2 Å². The van der Waals surface area contributed by atoms with Crippen molar-refractivity contribution in [2.45, 2.75) is 76.5 Å². The van der Waals surface area contributed by atoms with Gasteiger partial charge in [-0.3, -0.25) is 4.98 Å². The van der Waals surface area contributed by atoms with E-state index in [2.05, 4.69) is 9.97 Å². The molecule has 0 bridgehead atoms. The number of pyridine rings is 2. The molecular weight excluding hydrogens is 561 g/mol. The van der Waals surface area contributed by atoms with Gasteiger partial charge in [-0.15, -0.1) is 0 Å². The molecule has 2 fully saturated rings. The fourth-order valence-electron chi connectivity index (χ4n) is 5.80. The number of likely N-dealkylation sites (tertiary alicyclic amines) is 1. The zero-order valence-corrected chi connectivity index (χ0v) is 24.6. The number of alkyl halides is 3. The maximum absolute atomic E-state index is 14.1. The number of aryl methyl sites for hydroxylation is 1. The van der Waals surface area contributed by atoms with E-state index < -0.39 is 29.3 Å². The molecule has 0 N–H and O–H groups in total. The van der Waals surface area contributed by atoms with E-state index in [0.717, 1.165) is 27.9 Å². The lowest BCUT2D eigenvalue weighted by molar-refractivity contribution is -0.142. The SMILES string of the molecule is Cn1c2ccncc2c2ccc(-c3cnc(OC4CC(OC5CCN(C(=O)OC(C)(C)C)CC5)C4)c(C(F)(F)F)c3)cc21. The second-order valence-electron chi connectivity index (χ2n) is 12.4. The number of rotatable bonds is 5. The molecule has 11 heteroatoms. The van der Waals surface area contributed by atoms with Crippen molar-refractivity contribution in [3.05, 3.63) is 54.5 Å². The first-order valence-electron chi connectivity index (χ1n) is 14.6. The minimum absolute atomic E-state index is 0.0109. The number of halogens is 3. The molecule has 2 aliphatic rings. The Labute approximate surface area is 247 Å². The highest BCUT2D eigenvalue weighted by atomic mass is 19.4. The zero-order chi connectivity index (χ0) is 30.5. The van der Waals surface area contributed by atoms with Gasteiger partial charge in [0, 0.05) is 73.4 Å². The van der Waals surface area contributed by atoms with Gasteiger partial charge in [0.1, 0.15) is 17.3 Å². The van der Waals surface area contributed by atoms with E-state index >= 15 is 0 Å². The summed E-state index contributed by atoms with van der Waals surface area (Å²) < 4.78 is 61.8. The average molecular weight is 597 g/mol. The van der Waals surface area contributed by atoms with E-state index in [0.29, 0.717) is 49.9 Å². The number of hydrogen-bond donors (Lipinski definition) is 0. The Hall–Kier alpha value is -3.86. The number of ether oxygens (including phenoxy) is 3. The number of amides is 1. The highest BCUT2D eigenvalue weighted by Gasteiger charge is 2.40. The normalized spacial score (nSPS) is 19.9. The van der Waals surface area contributed by atoms with Crippen molar-refractivity contribution >= 4 is 27.9 Å². The largest absolute Gasteiger partial charge is 0.474 e. The van der Waals surface area contributed by atoms with Crippen molar-refractivity contribution in [1.29, 1.82) is 0 Å². The molecule has 6 rings (SSSR count).